The molecule has 0 unspecified atom stereocenters. The van der Waals surface area contributed by atoms with Crippen molar-refractivity contribution in [3.8, 4) is 0 Å². The molecule has 1 fully saturated rings. The molecule has 0 aliphatic heterocycles. The van der Waals surface area contributed by atoms with Gasteiger partial charge in [-0.25, -0.2) is 12.8 Å². The average molecular weight is 538 g/mol. The van der Waals surface area contributed by atoms with Gasteiger partial charge in [0.1, 0.15) is 18.4 Å². The highest BCUT2D eigenvalue weighted by molar-refractivity contribution is 7.92. The van der Waals surface area contributed by atoms with E-state index in [0.717, 1.165) is 60.4 Å². The molecule has 196 valence electrons. The first-order chi connectivity index (χ1) is 17.1. The fourth-order valence-electron chi connectivity index (χ4n) is 4.47. The van der Waals surface area contributed by atoms with Gasteiger partial charge in [0.25, 0.3) is 0 Å². The minimum absolute atomic E-state index is 0.0690. The quantitative estimate of drug-likeness (QED) is 0.483. The van der Waals surface area contributed by atoms with Crippen molar-refractivity contribution in [2.75, 3.05) is 17.1 Å². The predicted molar refractivity (Wildman–Crippen MR) is 140 cm³/mol. The van der Waals surface area contributed by atoms with E-state index in [1.165, 1.54) is 17.0 Å². The Labute approximate surface area is 217 Å². The molecule has 1 N–H and O–H groups in total. The third-order valence-electron chi connectivity index (χ3n) is 6.40. The number of benzene rings is 2. The van der Waals surface area contributed by atoms with Gasteiger partial charge in [-0.1, -0.05) is 49.9 Å². The Hall–Kier alpha value is -2.65. The molecule has 0 heterocycles. The number of hydrogen-bond donors (Lipinski definition) is 1. The van der Waals surface area contributed by atoms with Crippen molar-refractivity contribution >= 4 is 39.1 Å². The number of nitrogens with one attached hydrogen (secondary N) is 1. The van der Waals surface area contributed by atoms with E-state index in [0.29, 0.717) is 11.4 Å². The smallest absolute Gasteiger partial charge is 0.244 e. The molecule has 0 aromatic heterocycles. The van der Waals surface area contributed by atoms with E-state index in [1.54, 1.807) is 24.3 Å². The Kier molecular flexibility index (Phi) is 9.73. The number of sulfonamides is 1. The van der Waals surface area contributed by atoms with Crippen molar-refractivity contribution < 1.29 is 22.4 Å². The zero-order chi connectivity index (χ0) is 26.3. The normalized spacial score (nSPS) is 15.2. The second-order valence-electron chi connectivity index (χ2n) is 9.16. The maximum Gasteiger partial charge on any atom is 0.244 e. The van der Waals surface area contributed by atoms with Gasteiger partial charge in [0.2, 0.25) is 21.8 Å². The Morgan fingerprint density at radius 2 is 1.67 bits per heavy atom. The summed E-state index contributed by atoms with van der Waals surface area (Å²) in [6.07, 6.45) is 6.40. The number of nitrogens with zero attached hydrogens (tertiary/aromatic N) is 2. The monoisotopic (exact) mass is 537 g/mol. The fourth-order valence-corrected chi connectivity index (χ4v) is 5.45. The van der Waals surface area contributed by atoms with Crippen LogP contribution in [0, 0.1) is 5.82 Å². The van der Waals surface area contributed by atoms with Crippen LogP contribution in [0.4, 0.5) is 10.1 Å². The topological polar surface area (TPSA) is 86.8 Å². The molecule has 0 radical (unpaired) electrons. The molecule has 36 heavy (non-hydrogen) atoms. The lowest BCUT2D eigenvalue weighted by Crippen LogP contribution is -2.53. The van der Waals surface area contributed by atoms with Crippen LogP contribution < -0.4 is 9.62 Å². The zero-order valence-corrected chi connectivity index (χ0v) is 22.2. The summed E-state index contributed by atoms with van der Waals surface area (Å²) in [6.45, 7) is 1.40. The van der Waals surface area contributed by atoms with Crippen molar-refractivity contribution in [3.63, 3.8) is 0 Å². The lowest BCUT2D eigenvalue weighted by molar-refractivity contribution is -0.140. The first kappa shape index (κ1) is 27.9. The van der Waals surface area contributed by atoms with Gasteiger partial charge < -0.3 is 10.2 Å². The summed E-state index contributed by atoms with van der Waals surface area (Å²) in [4.78, 5) is 28.4. The summed E-state index contributed by atoms with van der Waals surface area (Å²) in [7, 11) is -3.87. The molecule has 0 saturated heterocycles. The van der Waals surface area contributed by atoms with E-state index in [-0.39, 0.29) is 24.2 Å². The zero-order valence-electron chi connectivity index (χ0n) is 20.6. The number of anilines is 1. The van der Waals surface area contributed by atoms with Crippen LogP contribution in [0.1, 0.15) is 51.0 Å². The minimum atomic E-state index is -3.87. The second-order valence-corrected chi connectivity index (χ2v) is 11.5. The van der Waals surface area contributed by atoms with E-state index in [2.05, 4.69) is 5.32 Å². The summed E-state index contributed by atoms with van der Waals surface area (Å²) >= 11 is 6.01. The molecular weight excluding hydrogens is 505 g/mol. The Bertz CT molecular complexity index is 1140. The molecule has 2 aromatic rings. The SMILES string of the molecule is CC[C@@H](C(=O)NC1CCCCC1)N(Cc1ccc(Cl)cc1)C(=O)CN(c1ccc(F)cc1)S(C)(=O)=O. The largest absolute Gasteiger partial charge is 0.352 e. The Morgan fingerprint density at radius 3 is 2.22 bits per heavy atom. The summed E-state index contributed by atoms with van der Waals surface area (Å²) in [5.74, 6) is -1.31. The molecule has 2 aromatic carbocycles. The average Bonchev–Trinajstić information content (AvgIpc) is 2.84. The number of hydrogen-bond acceptors (Lipinski definition) is 4. The fraction of sp³-hybridized carbons (Fsp3) is 0.462. The summed E-state index contributed by atoms with van der Waals surface area (Å²) < 4.78 is 39.5. The molecule has 1 saturated carbocycles. The predicted octanol–water partition coefficient (Wildman–Crippen LogP) is 4.50. The van der Waals surface area contributed by atoms with Crippen molar-refractivity contribution in [1.82, 2.24) is 10.2 Å². The minimum Gasteiger partial charge on any atom is -0.352 e. The number of halogens is 2. The molecule has 1 aliphatic rings. The van der Waals surface area contributed by atoms with E-state index in [9.17, 15) is 22.4 Å². The van der Waals surface area contributed by atoms with Gasteiger partial charge in [-0.2, -0.15) is 0 Å². The van der Waals surface area contributed by atoms with Gasteiger partial charge in [-0.05, 0) is 61.2 Å². The number of rotatable bonds is 10. The van der Waals surface area contributed by atoms with Gasteiger partial charge >= 0.3 is 0 Å². The number of carbonyl (C=O) groups excluding carboxylic acids is 2. The van der Waals surface area contributed by atoms with E-state index >= 15 is 0 Å². The maximum absolute atomic E-state index is 13.6. The van der Waals surface area contributed by atoms with E-state index < -0.39 is 34.3 Å². The van der Waals surface area contributed by atoms with Crippen LogP contribution in [0.3, 0.4) is 0 Å². The van der Waals surface area contributed by atoms with Crippen molar-refractivity contribution in [3.05, 3.63) is 64.9 Å². The van der Waals surface area contributed by atoms with Crippen LogP contribution in [0.25, 0.3) is 0 Å². The van der Waals surface area contributed by atoms with Gasteiger partial charge in [0.15, 0.2) is 0 Å². The molecule has 1 aliphatic carbocycles. The van der Waals surface area contributed by atoms with Crippen LogP contribution in [0.15, 0.2) is 48.5 Å². The molecule has 7 nitrogen and oxygen atoms in total. The molecular formula is C26H33ClFN3O4S. The summed E-state index contributed by atoms with van der Waals surface area (Å²) in [5.41, 5.74) is 0.919. The standard InChI is InChI=1S/C26H33ClFN3O4S/c1-3-24(26(33)29-22-7-5-4-6-8-22)30(17-19-9-11-20(27)12-10-19)25(32)18-31(36(2,34)35)23-15-13-21(28)14-16-23/h9-16,22,24H,3-8,17-18H2,1-2H3,(H,29,33)/t24-/m0/s1. The summed E-state index contributed by atoms with van der Waals surface area (Å²) in [6, 6.07) is 11.1. The van der Waals surface area contributed by atoms with Crippen LogP contribution in [0.2, 0.25) is 5.02 Å². The van der Waals surface area contributed by atoms with Gasteiger partial charge in [-0.3, -0.25) is 13.9 Å². The van der Waals surface area contributed by atoms with Crippen molar-refractivity contribution in [1.29, 1.82) is 0 Å². The van der Waals surface area contributed by atoms with E-state index in [4.69, 9.17) is 11.6 Å². The third kappa shape index (κ3) is 7.67. The number of carbonyl (C=O) groups is 2. The van der Waals surface area contributed by atoms with Gasteiger partial charge in [0, 0.05) is 17.6 Å². The Morgan fingerprint density at radius 1 is 1.06 bits per heavy atom. The third-order valence-corrected chi connectivity index (χ3v) is 7.79. The summed E-state index contributed by atoms with van der Waals surface area (Å²) in [5, 5.41) is 3.63. The molecule has 0 spiro atoms. The first-order valence-corrected chi connectivity index (χ1v) is 14.4. The maximum atomic E-state index is 13.6. The second kappa shape index (κ2) is 12.5. The highest BCUT2D eigenvalue weighted by Crippen LogP contribution is 2.22. The lowest BCUT2D eigenvalue weighted by atomic mass is 9.95. The highest BCUT2D eigenvalue weighted by Gasteiger charge is 2.32. The molecule has 1 atom stereocenters. The van der Waals surface area contributed by atoms with Crippen LogP contribution >= 0.6 is 11.6 Å². The molecule has 3 rings (SSSR count). The van der Waals surface area contributed by atoms with Crippen molar-refractivity contribution in [2.24, 2.45) is 0 Å². The van der Waals surface area contributed by atoms with Crippen LogP contribution in [0.5, 0.6) is 0 Å². The lowest BCUT2D eigenvalue weighted by Gasteiger charge is -2.34. The first-order valence-electron chi connectivity index (χ1n) is 12.2. The van der Waals surface area contributed by atoms with Crippen LogP contribution in [-0.4, -0.2) is 50.0 Å². The highest BCUT2D eigenvalue weighted by atomic mass is 35.5. The van der Waals surface area contributed by atoms with Crippen LogP contribution in [-0.2, 0) is 26.2 Å². The van der Waals surface area contributed by atoms with E-state index in [1.807, 2.05) is 6.92 Å². The van der Waals surface area contributed by atoms with Crippen molar-refractivity contribution in [2.45, 2.75) is 64.1 Å². The molecule has 10 heteroatoms. The molecule has 2 amide bonds. The Balaban J connectivity index is 1.89. The van der Waals surface area contributed by atoms with Gasteiger partial charge in [-0.15, -0.1) is 0 Å². The molecule has 0 bridgehead atoms. The number of amides is 2. The van der Waals surface area contributed by atoms with Gasteiger partial charge in [0.05, 0.1) is 11.9 Å².